The summed E-state index contributed by atoms with van der Waals surface area (Å²) in [6.07, 6.45) is 4.10. The van der Waals surface area contributed by atoms with Crippen LogP contribution in [-0.4, -0.2) is 15.3 Å². The number of halogens is 1. The normalized spacial score (nSPS) is 11.0. The SMILES string of the molecule is O=C(Cc1cn2ccsc2n1)Nc1ccc(Sc2ccc(Br)cc2)cc1. The highest BCUT2D eigenvalue weighted by Gasteiger charge is 2.09. The van der Waals surface area contributed by atoms with Crippen molar-refractivity contribution in [3.8, 4) is 0 Å². The number of nitrogens with one attached hydrogen (secondary N) is 1. The molecule has 26 heavy (non-hydrogen) atoms. The fourth-order valence-corrected chi connectivity index (χ4v) is 4.28. The summed E-state index contributed by atoms with van der Waals surface area (Å²) in [5, 5.41) is 4.90. The topological polar surface area (TPSA) is 46.4 Å². The highest BCUT2D eigenvalue weighted by atomic mass is 79.9. The van der Waals surface area contributed by atoms with Crippen molar-refractivity contribution in [2.75, 3.05) is 5.32 Å². The van der Waals surface area contributed by atoms with E-state index in [2.05, 4.69) is 38.4 Å². The Balaban J connectivity index is 1.36. The van der Waals surface area contributed by atoms with Crippen LogP contribution < -0.4 is 5.32 Å². The number of amides is 1. The van der Waals surface area contributed by atoms with Crippen molar-refractivity contribution in [1.29, 1.82) is 0 Å². The number of hydrogen-bond donors (Lipinski definition) is 1. The first-order chi connectivity index (χ1) is 12.7. The largest absolute Gasteiger partial charge is 0.326 e. The number of carbonyl (C=O) groups is 1. The summed E-state index contributed by atoms with van der Waals surface area (Å²) in [6.45, 7) is 0. The van der Waals surface area contributed by atoms with Gasteiger partial charge in [0, 0.05) is 37.7 Å². The van der Waals surface area contributed by atoms with Crippen molar-refractivity contribution in [1.82, 2.24) is 9.38 Å². The lowest BCUT2D eigenvalue weighted by atomic mass is 10.3. The number of imidazole rings is 1. The minimum absolute atomic E-state index is 0.0657. The van der Waals surface area contributed by atoms with E-state index in [-0.39, 0.29) is 12.3 Å². The van der Waals surface area contributed by atoms with Crippen LogP contribution in [0.5, 0.6) is 0 Å². The molecule has 4 nitrogen and oxygen atoms in total. The summed E-state index contributed by atoms with van der Waals surface area (Å²) in [5.74, 6) is -0.0657. The minimum atomic E-state index is -0.0657. The van der Waals surface area contributed by atoms with Gasteiger partial charge in [-0.2, -0.15) is 0 Å². The molecule has 1 N–H and O–H groups in total. The van der Waals surface area contributed by atoms with Crippen LogP contribution in [0.25, 0.3) is 4.96 Å². The van der Waals surface area contributed by atoms with E-state index in [1.165, 1.54) is 4.90 Å². The van der Waals surface area contributed by atoms with E-state index >= 15 is 0 Å². The van der Waals surface area contributed by atoms with Crippen molar-refractivity contribution in [3.05, 3.63) is 76.5 Å². The van der Waals surface area contributed by atoms with Gasteiger partial charge in [0.25, 0.3) is 0 Å². The van der Waals surface area contributed by atoms with Crippen molar-refractivity contribution in [2.45, 2.75) is 16.2 Å². The van der Waals surface area contributed by atoms with Crippen LogP contribution in [0.4, 0.5) is 5.69 Å². The lowest BCUT2D eigenvalue weighted by Gasteiger charge is -2.06. The van der Waals surface area contributed by atoms with Gasteiger partial charge in [0.2, 0.25) is 5.91 Å². The molecule has 2 aromatic carbocycles. The predicted molar refractivity (Wildman–Crippen MR) is 110 cm³/mol. The average Bonchev–Trinajstić information content (AvgIpc) is 3.20. The van der Waals surface area contributed by atoms with E-state index in [4.69, 9.17) is 0 Å². The fourth-order valence-electron chi connectivity index (χ4n) is 2.48. The molecule has 0 aliphatic rings. The van der Waals surface area contributed by atoms with E-state index in [0.29, 0.717) is 0 Å². The summed E-state index contributed by atoms with van der Waals surface area (Å²) < 4.78 is 3.00. The summed E-state index contributed by atoms with van der Waals surface area (Å²) in [4.78, 5) is 19.9. The van der Waals surface area contributed by atoms with Crippen LogP contribution in [0.1, 0.15) is 5.69 Å². The van der Waals surface area contributed by atoms with Crippen LogP contribution in [0.3, 0.4) is 0 Å². The first kappa shape index (κ1) is 17.3. The number of nitrogens with zero attached hydrogens (tertiary/aromatic N) is 2. The molecule has 0 spiro atoms. The van der Waals surface area contributed by atoms with Gasteiger partial charge in [-0.15, -0.1) is 11.3 Å². The molecule has 0 atom stereocenters. The number of rotatable bonds is 5. The van der Waals surface area contributed by atoms with Crippen molar-refractivity contribution < 1.29 is 4.79 Å². The minimum Gasteiger partial charge on any atom is -0.326 e. The third-order valence-corrected chi connectivity index (χ3v) is 5.99. The predicted octanol–water partition coefficient (Wildman–Crippen LogP) is 5.49. The Kier molecular flexibility index (Phi) is 5.10. The van der Waals surface area contributed by atoms with Crippen LogP contribution in [0, 0.1) is 0 Å². The summed E-state index contributed by atoms with van der Waals surface area (Å²) in [6, 6.07) is 16.0. The maximum atomic E-state index is 12.2. The molecule has 4 rings (SSSR count). The number of anilines is 1. The average molecular weight is 444 g/mol. The lowest BCUT2D eigenvalue weighted by molar-refractivity contribution is -0.115. The zero-order valence-electron chi connectivity index (χ0n) is 13.6. The van der Waals surface area contributed by atoms with E-state index in [1.54, 1.807) is 23.1 Å². The van der Waals surface area contributed by atoms with Gasteiger partial charge in [0.1, 0.15) is 0 Å². The van der Waals surface area contributed by atoms with Crippen LogP contribution >= 0.6 is 39.0 Å². The van der Waals surface area contributed by atoms with E-state index in [0.717, 1.165) is 25.7 Å². The van der Waals surface area contributed by atoms with Crippen LogP contribution in [-0.2, 0) is 11.2 Å². The molecule has 0 aliphatic carbocycles. The fraction of sp³-hybridized carbons (Fsp3) is 0.0526. The quantitative estimate of drug-likeness (QED) is 0.443. The second-order valence-corrected chi connectivity index (χ2v) is 8.57. The molecule has 7 heteroatoms. The second kappa shape index (κ2) is 7.65. The molecule has 0 aliphatic heterocycles. The van der Waals surface area contributed by atoms with E-state index in [9.17, 15) is 4.79 Å². The lowest BCUT2D eigenvalue weighted by Crippen LogP contribution is -2.14. The highest BCUT2D eigenvalue weighted by Crippen LogP contribution is 2.29. The van der Waals surface area contributed by atoms with Gasteiger partial charge in [-0.3, -0.25) is 9.20 Å². The third-order valence-electron chi connectivity index (χ3n) is 3.67. The van der Waals surface area contributed by atoms with Crippen LogP contribution in [0.2, 0.25) is 0 Å². The second-order valence-electron chi connectivity index (χ2n) is 5.63. The molecular formula is C19H14BrN3OS2. The standard InChI is InChI=1S/C19H14BrN3OS2/c20-13-1-5-16(6-2-13)26-17-7-3-14(4-8-17)21-18(24)11-15-12-23-9-10-25-19(23)22-15/h1-10,12H,11H2,(H,21,24). The highest BCUT2D eigenvalue weighted by molar-refractivity contribution is 9.10. The molecule has 0 bridgehead atoms. The zero-order valence-corrected chi connectivity index (χ0v) is 16.8. The van der Waals surface area contributed by atoms with Crippen molar-refractivity contribution >= 4 is 55.6 Å². The van der Waals surface area contributed by atoms with Crippen LogP contribution in [0.15, 0.2) is 80.6 Å². The third kappa shape index (κ3) is 4.17. The molecule has 130 valence electrons. The molecule has 0 saturated heterocycles. The van der Waals surface area contributed by atoms with Crippen molar-refractivity contribution in [2.24, 2.45) is 0 Å². The maximum Gasteiger partial charge on any atom is 0.230 e. The van der Waals surface area contributed by atoms with E-state index in [1.807, 2.05) is 58.6 Å². The number of carbonyl (C=O) groups excluding carboxylic acids is 1. The Morgan fingerprint density at radius 1 is 1.12 bits per heavy atom. The first-order valence-corrected chi connectivity index (χ1v) is 10.4. The van der Waals surface area contributed by atoms with Gasteiger partial charge in [-0.25, -0.2) is 4.98 Å². The van der Waals surface area contributed by atoms with Gasteiger partial charge in [-0.1, -0.05) is 27.7 Å². The Labute approximate surface area is 167 Å². The number of thiazole rings is 1. The molecule has 0 saturated carbocycles. The van der Waals surface area contributed by atoms with Gasteiger partial charge < -0.3 is 5.32 Å². The monoisotopic (exact) mass is 443 g/mol. The molecule has 0 radical (unpaired) electrons. The van der Waals surface area contributed by atoms with Gasteiger partial charge in [0.05, 0.1) is 12.1 Å². The van der Waals surface area contributed by atoms with Gasteiger partial charge in [-0.05, 0) is 48.5 Å². The molecule has 2 heterocycles. The Hall–Kier alpha value is -2.09. The van der Waals surface area contributed by atoms with Crippen molar-refractivity contribution in [3.63, 3.8) is 0 Å². The molecule has 1 amide bonds. The molecular weight excluding hydrogens is 430 g/mol. The number of fused-ring (bicyclic) bond motifs is 1. The zero-order chi connectivity index (χ0) is 17.9. The first-order valence-electron chi connectivity index (χ1n) is 7.90. The van der Waals surface area contributed by atoms with E-state index < -0.39 is 0 Å². The number of hydrogen-bond acceptors (Lipinski definition) is 4. The summed E-state index contributed by atoms with van der Waals surface area (Å²) in [5.41, 5.74) is 1.56. The molecule has 0 fully saturated rings. The van der Waals surface area contributed by atoms with Gasteiger partial charge >= 0.3 is 0 Å². The maximum absolute atomic E-state index is 12.2. The smallest absolute Gasteiger partial charge is 0.230 e. The number of aromatic nitrogens is 2. The molecule has 2 aromatic heterocycles. The Morgan fingerprint density at radius 3 is 2.50 bits per heavy atom. The number of benzene rings is 2. The Morgan fingerprint density at radius 2 is 1.81 bits per heavy atom. The Bertz CT molecular complexity index is 1010. The molecule has 0 unspecified atom stereocenters. The summed E-state index contributed by atoms with van der Waals surface area (Å²) in [7, 11) is 0. The van der Waals surface area contributed by atoms with Gasteiger partial charge in [0.15, 0.2) is 4.96 Å². The summed E-state index contributed by atoms with van der Waals surface area (Å²) >= 11 is 6.68. The molecule has 4 aromatic rings.